The first kappa shape index (κ1) is 9.52. The van der Waals surface area contributed by atoms with Crippen LogP contribution in [0.3, 0.4) is 0 Å². The van der Waals surface area contributed by atoms with Crippen molar-refractivity contribution in [3.63, 3.8) is 0 Å². The number of hydrogen-bond donors (Lipinski definition) is 0. The normalized spacial score (nSPS) is 10.7. The Hall–Kier alpha value is -1.03. The van der Waals surface area contributed by atoms with E-state index < -0.39 is 0 Å². The molecule has 0 aliphatic heterocycles. The predicted molar refractivity (Wildman–Crippen MR) is 58.1 cm³/mol. The Morgan fingerprint density at radius 2 is 2.36 bits per heavy atom. The van der Waals surface area contributed by atoms with Crippen LogP contribution in [0, 0.1) is 0 Å². The fourth-order valence-corrected chi connectivity index (χ4v) is 1.74. The number of benzene rings is 1. The number of hydrogen-bond acceptors (Lipinski definition) is 3. The zero-order valence-electron chi connectivity index (χ0n) is 7.79. The third kappa shape index (κ3) is 1.62. The zero-order valence-corrected chi connectivity index (χ0v) is 9.37. The van der Waals surface area contributed by atoms with Crippen molar-refractivity contribution in [1.29, 1.82) is 0 Å². The second-order valence-electron chi connectivity index (χ2n) is 2.93. The predicted octanol–water partition coefficient (Wildman–Crippen LogP) is 2.77. The van der Waals surface area contributed by atoms with Gasteiger partial charge in [-0.3, -0.25) is 0 Å². The Labute approximate surface area is 90.2 Å². The highest BCUT2D eigenvalue weighted by atomic mass is 79.9. The molecule has 2 aromatic rings. The summed E-state index contributed by atoms with van der Waals surface area (Å²) >= 11 is 3.38. The molecule has 1 heterocycles. The monoisotopic (exact) mass is 255 g/mol. The van der Waals surface area contributed by atoms with Gasteiger partial charge in [0, 0.05) is 17.1 Å². The van der Waals surface area contributed by atoms with Gasteiger partial charge in [-0.05, 0) is 18.2 Å². The minimum atomic E-state index is 0.807. The quantitative estimate of drug-likeness (QED) is 0.792. The SMILES string of the molecule is COc1ccc2onc(CCBr)c2c1. The van der Waals surface area contributed by atoms with Gasteiger partial charge < -0.3 is 9.26 Å². The molecule has 3 nitrogen and oxygen atoms in total. The maximum atomic E-state index is 5.17. The molecule has 0 N–H and O–H groups in total. The number of alkyl halides is 1. The van der Waals surface area contributed by atoms with Gasteiger partial charge in [-0.1, -0.05) is 21.1 Å². The first-order valence-corrected chi connectivity index (χ1v) is 5.45. The van der Waals surface area contributed by atoms with Crippen LogP contribution in [0.25, 0.3) is 11.0 Å². The molecule has 74 valence electrons. The first-order chi connectivity index (χ1) is 6.85. The molecule has 0 amide bonds. The van der Waals surface area contributed by atoms with Gasteiger partial charge in [0.05, 0.1) is 12.8 Å². The van der Waals surface area contributed by atoms with E-state index in [1.807, 2.05) is 18.2 Å². The molecular formula is C10H10BrNO2. The van der Waals surface area contributed by atoms with E-state index in [0.29, 0.717) is 0 Å². The molecule has 0 spiro atoms. The summed E-state index contributed by atoms with van der Waals surface area (Å²) in [5.41, 5.74) is 1.78. The van der Waals surface area contributed by atoms with Gasteiger partial charge in [-0.2, -0.15) is 0 Å². The van der Waals surface area contributed by atoms with Crippen LogP contribution >= 0.6 is 15.9 Å². The second-order valence-corrected chi connectivity index (χ2v) is 3.72. The number of halogens is 1. The van der Waals surface area contributed by atoms with Gasteiger partial charge in [-0.25, -0.2) is 0 Å². The Morgan fingerprint density at radius 3 is 3.07 bits per heavy atom. The lowest BCUT2D eigenvalue weighted by molar-refractivity contribution is 0.415. The summed E-state index contributed by atoms with van der Waals surface area (Å²) in [5, 5.41) is 5.91. The largest absolute Gasteiger partial charge is 0.497 e. The van der Waals surface area contributed by atoms with Crippen molar-refractivity contribution in [3.8, 4) is 5.75 Å². The average Bonchev–Trinajstić information content (AvgIpc) is 2.61. The van der Waals surface area contributed by atoms with E-state index in [1.165, 1.54) is 0 Å². The van der Waals surface area contributed by atoms with Crippen molar-refractivity contribution >= 4 is 26.9 Å². The summed E-state index contributed by atoms with van der Waals surface area (Å²) in [4.78, 5) is 0. The van der Waals surface area contributed by atoms with Crippen LogP contribution in [0.1, 0.15) is 5.69 Å². The van der Waals surface area contributed by atoms with Gasteiger partial charge in [0.1, 0.15) is 5.75 Å². The van der Waals surface area contributed by atoms with E-state index in [2.05, 4.69) is 21.1 Å². The van der Waals surface area contributed by atoms with Gasteiger partial charge in [0.15, 0.2) is 5.58 Å². The highest BCUT2D eigenvalue weighted by Gasteiger charge is 2.07. The number of methoxy groups -OCH3 is 1. The van der Waals surface area contributed by atoms with Crippen molar-refractivity contribution in [2.24, 2.45) is 0 Å². The van der Waals surface area contributed by atoms with E-state index in [-0.39, 0.29) is 0 Å². The molecule has 0 radical (unpaired) electrons. The number of rotatable bonds is 3. The molecule has 14 heavy (non-hydrogen) atoms. The molecule has 0 unspecified atom stereocenters. The van der Waals surface area contributed by atoms with E-state index in [1.54, 1.807) is 7.11 Å². The van der Waals surface area contributed by atoms with Crippen LogP contribution in [0.15, 0.2) is 22.7 Å². The minimum Gasteiger partial charge on any atom is -0.497 e. The fourth-order valence-electron chi connectivity index (χ4n) is 1.36. The summed E-state index contributed by atoms with van der Waals surface area (Å²) in [6, 6.07) is 5.69. The molecule has 1 aromatic heterocycles. The lowest BCUT2D eigenvalue weighted by atomic mass is 10.2. The smallest absolute Gasteiger partial charge is 0.167 e. The molecule has 0 fully saturated rings. The van der Waals surface area contributed by atoms with E-state index in [9.17, 15) is 0 Å². The summed E-state index contributed by atoms with van der Waals surface area (Å²) in [5.74, 6) is 0.830. The van der Waals surface area contributed by atoms with E-state index >= 15 is 0 Å². The third-order valence-corrected chi connectivity index (χ3v) is 2.48. The molecule has 0 aliphatic rings. The Balaban J connectivity index is 2.52. The highest BCUT2D eigenvalue weighted by Crippen LogP contribution is 2.24. The standard InChI is InChI=1S/C10H10BrNO2/c1-13-7-2-3-10-8(6-7)9(4-5-11)12-14-10/h2-3,6H,4-5H2,1H3. The molecule has 0 aliphatic carbocycles. The van der Waals surface area contributed by atoms with Crippen molar-refractivity contribution in [2.75, 3.05) is 12.4 Å². The summed E-state index contributed by atoms with van der Waals surface area (Å²) < 4.78 is 10.3. The maximum absolute atomic E-state index is 5.17. The lowest BCUT2D eigenvalue weighted by Crippen LogP contribution is -1.86. The van der Waals surface area contributed by atoms with Crippen molar-refractivity contribution < 1.29 is 9.26 Å². The topological polar surface area (TPSA) is 35.3 Å². The van der Waals surface area contributed by atoms with Gasteiger partial charge in [0.2, 0.25) is 0 Å². The third-order valence-electron chi connectivity index (χ3n) is 2.08. The highest BCUT2D eigenvalue weighted by molar-refractivity contribution is 9.09. The van der Waals surface area contributed by atoms with Crippen molar-refractivity contribution in [3.05, 3.63) is 23.9 Å². The van der Waals surface area contributed by atoms with E-state index in [4.69, 9.17) is 9.26 Å². The summed E-state index contributed by atoms with van der Waals surface area (Å²) in [7, 11) is 1.65. The number of nitrogens with zero attached hydrogens (tertiary/aromatic N) is 1. The zero-order chi connectivity index (χ0) is 9.97. The van der Waals surface area contributed by atoms with Gasteiger partial charge in [0.25, 0.3) is 0 Å². The molecule has 2 rings (SSSR count). The molecule has 0 bridgehead atoms. The number of fused-ring (bicyclic) bond motifs is 1. The van der Waals surface area contributed by atoms with Crippen molar-refractivity contribution in [2.45, 2.75) is 6.42 Å². The summed E-state index contributed by atoms with van der Waals surface area (Å²) in [6.45, 7) is 0. The molecule has 0 atom stereocenters. The van der Waals surface area contributed by atoms with Crippen molar-refractivity contribution in [1.82, 2.24) is 5.16 Å². The Morgan fingerprint density at radius 1 is 1.50 bits per heavy atom. The lowest BCUT2D eigenvalue weighted by Gasteiger charge is -1.97. The molecule has 0 saturated heterocycles. The van der Waals surface area contributed by atoms with Crippen LogP contribution < -0.4 is 4.74 Å². The Kier molecular flexibility index (Phi) is 2.72. The molecule has 4 heteroatoms. The molecule has 1 aromatic carbocycles. The number of ether oxygens (including phenoxy) is 1. The van der Waals surface area contributed by atoms with Crippen LogP contribution in [0.4, 0.5) is 0 Å². The minimum absolute atomic E-state index is 0.807. The second kappa shape index (κ2) is 4.00. The summed E-state index contributed by atoms with van der Waals surface area (Å²) in [6.07, 6.45) is 0.861. The number of aryl methyl sites for hydroxylation is 1. The van der Waals surface area contributed by atoms with Crippen LogP contribution in [0.2, 0.25) is 0 Å². The number of aromatic nitrogens is 1. The fraction of sp³-hybridized carbons (Fsp3) is 0.300. The van der Waals surface area contributed by atoms with Crippen LogP contribution in [-0.4, -0.2) is 17.6 Å². The van der Waals surface area contributed by atoms with Gasteiger partial charge in [-0.15, -0.1) is 0 Å². The molecule has 0 saturated carbocycles. The first-order valence-electron chi connectivity index (χ1n) is 4.33. The molecular weight excluding hydrogens is 246 g/mol. The maximum Gasteiger partial charge on any atom is 0.167 e. The van der Waals surface area contributed by atoms with Crippen LogP contribution in [0.5, 0.6) is 5.75 Å². The Bertz CT molecular complexity index is 439. The van der Waals surface area contributed by atoms with Gasteiger partial charge >= 0.3 is 0 Å². The van der Waals surface area contributed by atoms with Crippen LogP contribution in [-0.2, 0) is 6.42 Å². The van der Waals surface area contributed by atoms with E-state index in [0.717, 1.165) is 34.2 Å². The average molecular weight is 256 g/mol.